The van der Waals surface area contributed by atoms with E-state index in [4.69, 9.17) is 9.84 Å². The van der Waals surface area contributed by atoms with E-state index in [-0.39, 0.29) is 32.1 Å². The van der Waals surface area contributed by atoms with E-state index >= 15 is 0 Å². The number of nitrogens with zero attached hydrogens (tertiary/aromatic N) is 1. The van der Waals surface area contributed by atoms with Gasteiger partial charge in [-0.05, 0) is 13.8 Å². The third-order valence-corrected chi connectivity index (χ3v) is 2.76. The Morgan fingerprint density at radius 2 is 2.15 bits per heavy atom. The summed E-state index contributed by atoms with van der Waals surface area (Å²) in [5.74, 6) is -0.304. The number of ether oxygens (including phenoxy) is 2. The smallest absolute Gasteiger partial charge is 0.394 e. The van der Waals surface area contributed by atoms with Gasteiger partial charge in [0.15, 0.2) is 0 Å². The Bertz CT molecular complexity index is 333. The van der Waals surface area contributed by atoms with E-state index < -0.39 is 24.5 Å². The number of alkyl halides is 3. The highest BCUT2D eigenvalue weighted by molar-refractivity contribution is 5.76. The highest BCUT2D eigenvalue weighted by Crippen LogP contribution is 2.21. The van der Waals surface area contributed by atoms with E-state index in [0.717, 1.165) is 0 Å². The van der Waals surface area contributed by atoms with Crippen LogP contribution in [0.15, 0.2) is 0 Å². The van der Waals surface area contributed by atoms with Gasteiger partial charge in [0, 0.05) is 13.1 Å². The zero-order valence-electron chi connectivity index (χ0n) is 11.6. The first-order valence-corrected chi connectivity index (χ1v) is 6.34. The molecule has 0 bridgehead atoms. The number of morpholine rings is 1. The number of rotatable bonds is 5. The van der Waals surface area contributed by atoms with E-state index in [0.29, 0.717) is 6.54 Å². The van der Waals surface area contributed by atoms with Crippen LogP contribution in [-0.4, -0.2) is 66.7 Å². The van der Waals surface area contributed by atoms with Crippen molar-refractivity contribution in [3.63, 3.8) is 0 Å². The summed E-state index contributed by atoms with van der Waals surface area (Å²) in [5.41, 5.74) is -0.589. The molecule has 0 saturated carbocycles. The van der Waals surface area contributed by atoms with Crippen LogP contribution in [0.2, 0.25) is 0 Å². The highest BCUT2D eigenvalue weighted by atomic mass is 19.4. The van der Waals surface area contributed by atoms with Gasteiger partial charge in [-0.2, -0.15) is 13.2 Å². The lowest BCUT2D eigenvalue weighted by atomic mass is 10.0. The topological polar surface area (TPSA) is 59.0 Å². The molecule has 118 valence electrons. The van der Waals surface area contributed by atoms with Gasteiger partial charge in [-0.15, -0.1) is 0 Å². The third-order valence-electron chi connectivity index (χ3n) is 2.76. The zero-order valence-corrected chi connectivity index (χ0v) is 11.6. The van der Waals surface area contributed by atoms with Gasteiger partial charge in [0.1, 0.15) is 6.61 Å². The summed E-state index contributed by atoms with van der Waals surface area (Å²) >= 11 is 0. The molecule has 1 aliphatic heterocycles. The van der Waals surface area contributed by atoms with Crippen LogP contribution in [0.3, 0.4) is 0 Å². The Morgan fingerprint density at radius 3 is 2.70 bits per heavy atom. The molecule has 1 saturated heterocycles. The van der Waals surface area contributed by atoms with Crippen LogP contribution in [0.5, 0.6) is 0 Å². The maximum absolute atomic E-state index is 11.9. The second kappa shape index (κ2) is 6.73. The molecule has 0 aliphatic carbocycles. The molecular formula is C12H20F3NO4. The van der Waals surface area contributed by atoms with Gasteiger partial charge in [0.05, 0.1) is 31.3 Å². The number of halogens is 3. The van der Waals surface area contributed by atoms with Crippen LogP contribution in [0.4, 0.5) is 13.2 Å². The van der Waals surface area contributed by atoms with Crippen LogP contribution < -0.4 is 0 Å². The van der Waals surface area contributed by atoms with Crippen molar-refractivity contribution < 1.29 is 32.5 Å². The molecule has 1 N–H and O–H groups in total. The Labute approximate surface area is 115 Å². The highest BCUT2D eigenvalue weighted by Gasteiger charge is 2.35. The van der Waals surface area contributed by atoms with Gasteiger partial charge in [-0.3, -0.25) is 4.79 Å². The average Bonchev–Trinajstić information content (AvgIpc) is 2.31. The molecule has 1 heterocycles. The van der Waals surface area contributed by atoms with Crippen LogP contribution in [0, 0.1) is 0 Å². The van der Waals surface area contributed by atoms with E-state index in [1.807, 2.05) is 0 Å². The Morgan fingerprint density at radius 1 is 1.50 bits per heavy atom. The third kappa shape index (κ3) is 6.06. The minimum atomic E-state index is -4.38. The predicted molar refractivity (Wildman–Crippen MR) is 64.1 cm³/mol. The minimum absolute atomic E-state index is 0.121. The second-order valence-electron chi connectivity index (χ2n) is 5.37. The summed E-state index contributed by atoms with van der Waals surface area (Å²) in [4.78, 5) is 13.4. The first kappa shape index (κ1) is 17.2. The van der Waals surface area contributed by atoms with Crippen molar-refractivity contribution in [2.45, 2.75) is 38.1 Å². The molecule has 0 aromatic carbocycles. The van der Waals surface area contributed by atoms with Crippen molar-refractivity contribution in [1.29, 1.82) is 0 Å². The molecule has 5 nitrogen and oxygen atoms in total. The van der Waals surface area contributed by atoms with Gasteiger partial charge in [0.25, 0.3) is 0 Å². The van der Waals surface area contributed by atoms with Crippen molar-refractivity contribution in [1.82, 2.24) is 4.90 Å². The standard InChI is InChI=1S/C12H20F3NO4/c1-11(2)7-16(5-9(6-17)20-11)10(18)3-4-19-8-12(13,14)15/h9,17H,3-8H2,1-2H3. The molecule has 0 spiro atoms. The first-order chi connectivity index (χ1) is 9.13. The van der Waals surface area contributed by atoms with Gasteiger partial charge < -0.3 is 19.5 Å². The van der Waals surface area contributed by atoms with Crippen LogP contribution in [0.1, 0.15) is 20.3 Å². The van der Waals surface area contributed by atoms with Crippen LogP contribution >= 0.6 is 0 Å². The van der Waals surface area contributed by atoms with Crippen molar-refractivity contribution >= 4 is 5.91 Å². The van der Waals surface area contributed by atoms with Gasteiger partial charge in [0.2, 0.25) is 5.91 Å². The van der Waals surface area contributed by atoms with E-state index in [1.54, 1.807) is 13.8 Å². The summed E-state index contributed by atoms with van der Waals surface area (Å²) < 4.78 is 45.6. The molecule has 1 unspecified atom stereocenters. The number of carbonyl (C=O) groups excluding carboxylic acids is 1. The summed E-state index contributed by atoms with van der Waals surface area (Å²) in [6.07, 6.45) is -4.98. The molecule has 1 amide bonds. The molecular weight excluding hydrogens is 279 g/mol. The quantitative estimate of drug-likeness (QED) is 0.768. The number of aliphatic hydroxyl groups is 1. The van der Waals surface area contributed by atoms with Crippen molar-refractivity contribution in [2.75, 3.05) is 32.9 Å². The molecule has 1 atom stereocenters. The average molecular weight is 299 g/mol. The predicted octanol–water partition coefficient (Wildman–Crippen LogP) is 0.954. The number of hydrogen-bond donors (Lipinski definition) is 1. The fourth-order valence-electron chi connectivity index (χ4n) is 2.09. The van der Waals surface area contributed by atoms with E-state index in [2.05, 4.69) is 4.74 Å². The Balaban J connectivity index is 2.38. The number of amides is 1. The summed E-state index contributed by atoms with van der Waals surface area (Å²) in [5, 5.41) is 9.11. The molecule has 0 radical (unpaired) electrons. The maximum atomic E-state index is 11.9. The van der Waals surface area contributed by atoms with E-state index in [1.165, 1.54) is 4.90 Å². The number of carbonyl (C=O) groups is 1. The molecule has 1 fully saturated rings. The van der Waals surface area contributed by atoms with Crippen LogP contribution in [0.25, 0.3) is 0 Å². The zero-order chi connectivity index (χ0) is 15.4. The summed E-state index contributed by atoms with van der Waals surface area (Å²) in [7, 11) is 0. The summed E-state index contributed by atoms with van der Waals surface area (Å²) in [6, 6.07) is 0. The fourth-order valence-corrected chi connectivity index (χ4v) is 2.09. The lowest BCUT2D eigenvalue weighted by Gasteiger charge is -2.42. The monoisotopic (exact) mass is 299 g/mol. The molecule has 8 heteroatoms. The van der Waals surface area contributed by atoms with Gasteiger partial charge in [-0.1, -0.05) is 0 Å². The normalized spacial score (nSPS) is 22.9. The van der Waals surface area contributed by atoms with Crippen LogP contribution in [-0.2, 0) is 14.3 Å². The SMILES string of the molecule is CC1(C)CN(C(=O)CCOCC(F)(F)F)CC(CO)O1. The van der Waals surface area contributed by atoms with Crippen molar-refractivity contribution in [3.05, 3.63) is 0 Å². The number of aliphatic hydroxyl groups excluding tert-OH is 1. The lowest BCUT2D eigenvalue weighted by Crippen LogP contribution is -2.55. The maximum Gasteiger partial charge on any atom is 0.411 e. The minimum Gasteiger partial charge on any atom is -0.394 e. The Kier molecular flexibility index (Phi) is 5.79. The first-order valence-electron chi connectivity index (χ1n) is 6.34. The van der Waals surface area contributed by atoms with E-state index in [9.17, 15) is 18.0 Å². The molecule has 20 heavy (non-hydrogen) atoms. The molecule has 0 aromatic rings. The largest absolute Gasteiger partial charge is 0.411 e. The van der Waals surface area contributed by atoms with Crippen molar-refractivity contribution in [2.24, 2.45) is 0 Å². The summed E-state index contributed by atoms with van der Waals surface area (Å²) in [6.45, 7) is 2.30. The number of hydrogen-bond acceptors (Lipinski definition) is 4. The Hall–Kier alpha value is -0.860. The second-order valence-corrected chi connectivity index (χ2v) is 5.37. The van der Waals surface area contributed by atoms with Gasteiger partial charge >= 0.3 is 6.18 Å². The molecule has 0 aromatic heterocycles. The molecule has 1 aliphatic rings. The molecule has 1 rings (SSSR count). The van der Waals surface area contributed by atoms with Crippen molar-refractivity contribution in [3.8, 4) is 0 Å². The lowest BCUT2D eigenvalue weighted by molar-refractivity contribution is -0.178. The fraction of sp³-hybridized carbons (Fsp3) is 0.917. The van der Waals surface area contributed by atoms with Gasteiger partial charge in [-0.25, -0.2) is 0 Å².